The van der Waals surface area contributed by atoms with Crippen molar-refractivity contribution in [3.8, 4) is 5.75 Å². The van der Waals surface area contributed by atoms with Crippen LogP contribution in [-0.2, 0) is 23.8 Å². The third kappa shape index (κ3) is 4.35. The maximum atomic E-state index is 12.6. The van der Waals surface area contributed by atoms with Crippen LogP contribution < -0.4 is 4.74 Å². The number of hydrogen-bond donors (Lipinski definition) is 0. The first-order valence-electron chi connectivity index (χ1n) is 9.48. The van der Waals surface area contributed by atoms with Gasteiger partial charge in [-0.05, 0) is 42.0 Å². The number of carbonyl (C=O) groups is 2. The Morgan fingerprint density at radius 2 is 1.71 bits per heavy atom. The molecule has 0 aromatic heterocycles. The summed E-state index contributed by atoms with van der Waals surface area (Å²) in [7, 11) is 0. The molecule has 2 aromatic carbocycles. The number of hydrogen-bond acceptors (Lipinski definition) is 9. The van der Waals surface area contributed by atoms with Crippen molar-refractivity contribution < 1.29 is 38.5 Å². The van der Waals surface area contributed by atoms with E-state index in [-0.39, 0.29) is 13.2 Å². The predicted molar refractivity (Wildman–Crippen MR) is 105 cm³/mol. The summed E-state index contributed by atoms with van der Waals surface area (Å²) in [5, 5.41) is 11.2. The van der Waals surface area contributed by atoms with Crippen molar-refractivity contribution in [2.75, 3.05) is 13.2 Å². The Labute approximate surface area is 176 Å². The second-order valence-corrected chi connectivity index (χ2v) is 7.30. The van der Waals surface area contributed by atoms with Crippen molar-refractivity contribution in [1.82, 2.24) is 0 Å². The van der Waals surface area contributed by atoms with E-state index in [2.05, 4.69) is 11.4 Å². The maximum absolute atomic E-state index is 12.6. The van der Waals surface area contributed by atoms with Crippen molar-refractivity contribution in [2.24, 2.45) is 0 Å². The van der Waals surface area contributed by atoms with Crippen LogP contribution in [0.5, 0.6) is 5.75 Å². The highest BCUT2D eigenvalue weighted by atomic mass is 17.0. The highest BCUT2D eigenvalue weighted by Gasteiger charge is 2.51. The Morgan fingerprint density at radius 1 is 1.06 bits per heavy atom. The molecular formula is C21H19NO9. The van der Waals surface area contributed by atoms with Gasteiger partial charge in [-0.3, -0.25) is 0 Å². The van der Waals surface area contributed by atoms with Crippen LogP contribution in [0.3, 0.4) is 0 Å². The minimum absolute atomic E-state index is 0.0153. The van der Waals surface area contributed by atoms with Crippen LogP contribution >= 0.6 is 0 Å². The number of carbonyl (C=O) groups excluding carboxylic acids is 2. The molecule has 0 radical (unpaired) electrons. The van der Waals surface area contributed by atoms with E-state index < -0.39 is 41.4 Å². The zero-order valence-electron chi connectivity index (χ0n) is 16.5. The second kappa shape index (κ2) is 8.32. The Bertz CT molecular complexity index is 1070. The largest absolute Gasteiger partial charge is 0.453 e. The molecule has 2 aliphatic heterocycles. The van der Waals surface area contributed by atoms with E-state index in [0.717, 1.165) is 10.8 Å². The first-order valence-corrected chi connectivity index (χ1v) is 9.48. The SMILES string of the molecule is C=C(C)C(=O)Oc1ccc2cc(C(=O)OC3COC4C(O[N+](=O)[O-])COC34)ccc2c1. The number of fused-ring (bicyclic) bond motifs is 2. The van der Waals surface area contributed by atoms with Gasteiger partial charge in [-0.15, -0.1) is 10.1 Å². The molecule has 2 saturated heterocycles. The zero-order valence-corrected chi connectivity index (χ0v) is 16.5. The van der Waals surface area contributed by atoms with E-state index in [1.54, 1.807) is 43.3 Å². The van der Waals surface area contributed by atoms with Crippen molar-refractivity contribution in [3.05, 3.63) is 64.2 Å². The van der Waals surface area contributed by atoms with Gasteiger partial charge >= 0.3 is 11.9 Å². The van der Waals surface area contributed by atoms with Gasteiger partial charge in [-0.1, -0.05) is 18.7 Å². The van der Waals surface area contributed by atoms with Crippen LogP contribution in [-0.4, -0.2) is 54.7 Å². The summed E-state index contributed by atoms with van der Waals surface area (Å²) >= 11 is 0. The Balaban J connectivity index is 1.43. The fourth-order valence-corrected chi connectivity index (χ4v) is 3.55. The number of esters is 2. The molecule has 162 valence electrons. The van der Waals surface area contributed by atoms with Gasteiger partial charge in [0.15, 0.2) is 12.2 Å². The molecule has 0 spiro atoms. The lowest BCUT2D eigenvalue weighted by molar-refractivity contribution is -0.769. The predicted octanol–water partition coefficient (Wildman–Crippen LogP) is 2.22. The average molecular weight is 429 g/mol. The molecule has 0 N–H and O–H groups in total. The topological polar surface area (TPSA) is 123 Å². The summed E-state index contributed by atoms with van der Waals surface area (Å²) in [6, 6.07) is 9.99. The number of rotatable bonds is 6. The molecule has 10 nitrogen and oxygen atoms in total. The monoisotopic (exact) mass is 429 g/mol. The van der Waals surface area contributed by atoms with Gasteiger partial charge in [0.05, 0.1) is 18.8 Å². The summed E-state index contributed by atoms with van der Waals surface area (Å²) in [6.07, 6.45) is -2.84. The van der Waals surface area contributed by atoms with Crippen LogP contribution in [0.2, 0.25) is 0 Å². The maximum Gasteiger partial charge on any atom is 0.338 e. The van der Waals surface area contributed by atoms with Gasteiger partial charge in [0.1, 0.15) is 18.0 Å². The van der Waals surface area contributed by atoms with E-state index in [9.17, 15) is 19.7 Å². The molecule has 0 saturated carbocycles. The lowest BCUT2D eigenvalue weighted by atomic mass is 10.1. The van der Waals surface area contributed by atoms with Crippen molar-refractivity contribution in [1.29, 1.82) is 0 Å². The third-order valence-electron chi connectivity index (χ3n) is 5.05. The van der Waals surface area contributed by atoms with Crippen molar-refractivity contribution in [2.45, 2.75) is 31.3 Å². The fourth-order valence-electron chi connectivity index (χ4n) is 3.55. The highest BCUT2D eigenvalue weighted by molar-refractivity contribution is 5.96. The lowest BCUT2D eigenvalue weighted by Crippen LogP contribution is -2.35. The Morgan fingerprint density at radius 3 is 2.42 bits per heavy atom. The van der Waals surface area contributed by atoms with Crippen LogP contribution in [0.4, 0.5) is 0 Å². The van der Waals surface area contributed by atoms with Gasteiger partial charge in [0, 0.05) is 5.57 Å². The van der Waals surface area contributed by atoms with Crippen molar-refractivity contribution >= 4 is 22.7 Å². The smallest absolute Gasteiger partial charge is 0.338 e. The minimum atomic E-state index is -0.890. The average Bonchev–Trinajstić information content (AvgIpc) is 3.30. The molecule has 4 unspecified atom stereocenters. The van der Waals surface area contributed by atoms with E-state index >= 15 is 0 Å². The van der Waals surface area contributed by atoms with E-state index in [1.807, 2.05) is 0 Å². The van der Waals surface area contributed by atoms with Crippen molar-refractivity contribution in [3.63, 3.8) is 0 Å². The van der Waals surface area contributed by atoms with Crippen LogP contribution in [0.1, 0.15) is 17.3 Å². The molecule has 0 amide bonds. The molecule has 2 heterocycles. The zero-order chi connectivity index (χ0) is 22.1. The summed E-state index contributed by atoms with van der Waals surface area (Å²) in [4.78, 5) is 39.4. The molecule has 2 aromatic rings. The number of nitrogens with zero attached hydrogens (tertiary/aromatic N) is 1. The van der Waals surface area contributed by atoms with Gasteiger partial charge in [-0.25, -0.2) is 9.59 Å². The molecule has 2 fully saturated rings. The summed E-state index contributed by atoms with van der Waals surface area (Å²) < 4.78 is 21.7. The standard InChI is InChI=1S/C21H19NO9/c1-11(2)20(23)29-15-6-5-12-7-14(4-3-13(12)8-15)21(24)30-16-9-27-19-17(31-22(25)26)10-28-18(16)19/h3-8,16-19H,1,9-10H2,2H3. The van der Waals surface area contributed by atoms with Gasteiger partial charge in [-0.2, -0.15) is 0 Å². The Hall–Kier alpha value is -3.50. The molecule has 4 rings (SSSR count). The quantitative estimate of drug-likeness (QED) is 0.223. The first kappa shape index (κ1) is 20.8. The summed E-state index contributed by atoms with van der Waals surface area (Å²) in [5.41, 5.74) is 0.609. The molecule has 0 bridgehead atoms. The van der Waals surface area contributed by atoms with E-state index in [0.29, 0.717) is 16.9 Å². The van der Waals surface area contributed by atoms with Crippen LogP contribution in [0.25, 0.3) is 10.8 Å². The normalized spacial score (nSPS) is 24.4. The molecule has 10 heteroatoms. The minimum Gasteiger partial charge on any atom is -0.453 e. The van der Waals surface area contributed by atoms with Crippen LogP contribution in [0, 0.1) is 10.1 Å². The van der Waals surface area contributed by atoms with E-state index in [4.69, 9.17) is 18.9 Å². The van der Waals surface area contributed by atoms with Gasteiger partial charge in [0.25, 0.3) is 5.09 Å². The number of ether oxygens (including phenoxy) is 4. The molecule has 4 atom stereocenters. The first-order chi connectivity index (χ1) is 14.8. The fraction of sp³-hybridized carbons (Fsp3) is 0.333. The molecular weight excluding hydrogens is 410 g/mol. The highest BCUT2D eigenvalue weighted by Crippen LogP contribution is 2.31. The molecule has 2 aliphatic rings. The van der Waals surface area contributed by atoms with Gasteiger partial charge < -0.3 is 23.8 Å². The van der Waals surface area contributed by atoms with E-state index in [1.165, 1.54) is 0 Å². The summed E-state index contributed by atoms with van der Waals surface area (Å²) in [6.45, 7) is 5.15. The summed E-state index contributed by atoms with van der Waals surface area (Å²) in [5.74, 6) is -0.720. The van der Waals surface area contributed by atoms with Crippen LogP contribution in [0.15, 0.2) is 48.6 Å². The third-order valence-corrected chi connectivity index (χ3v) is 5.05. The molecule has 31 heavy (non-hydrogen) atoms. The molecule has 0 aliphatic carbocycles. The van der Waals surface area contributed by atoms with Gasteiger partial charge in [0.2, 0.25) is 0 Å². The number of benzene rings is 2. The second-order valence-electron chi connectivity index (χ2n) is 7.30. The lowest BCUT2D eigenvalue weighted by Gasteiger charge is -2.17. The Kier molecular flexibility index (Phi) is 5.57.